The molecule has 1 amide bonds. The van der Waals surface area contributed by atoms with Crippen molar-refractivity contribution in [3.8, 4) is 0 Å². The first-order valence-corrected chi connectivity index (χ1v) is 22.0. The number of carbonyl (C=O) groups is 2. The van der Waals surface area contributed by atoms with Crippen molar-refractivity contribution in [2.24, 2.45) is 5.73 Å². The molecule has 2 fully saturated rings. The molecule has 0 aliphatic carbocycles. The van der Waals surface area contributed by atoms with Crippen LogP contribution in [0.5, 0.6) is 0 Å². The highest BCUT2D eigenvalue weighted by Gasteiger charge is 2.20. The molecule has 2 aromatic carbocycles. The van der Waals surface area contributed by atoms with Crippen molar-refractivity contribution in [3.05, 3.63) is 71.8 Å². The predicted octanol–water partition coefficient (Wildman–Crippen LogP) is 9.00. The Kier molecular flexibility index (Phi) is 27.3. The van der Waals surface area contributed by atoms with E-state index in [-0.39, 0.29) is 5.91 Å². The lowest BCUT2D eigenvalue weighted by Gasteiger charge is -2.32. The quantitative estimate of drug-likeness (QED) is 0.0859. The summed E-state index contributed by atoms with van der Waals surface area (Å²) in [6.07, 6.45) is 19.2. The van der Waals surface area contributed by atoms with Gasteiger partial charge in [0, 0.05) is 61.8 Å². The molecular weight excluding hydrogens is 768 g/mol. The molecular formula is C42H68Br2N4O3. The number of nitrogens with zero attached hydrogens (tertiary/aromatic N) is 2. The second-order valence-corrected chi connectivity index (χ2v) is 15.7. The van der Waals surface area contributed by atoms with Crippen LogP contribution in [0.2, 0.25) is 0 Å². The summed E-state index contributed by atoms with van der Waals surface area (Å²) in [5.74, 6) is -0.422. The first-order valence-electron chi connectivity index (χ1n) is 19.8. The zero-order valence-corrected chi connectivity index (χ0v) is 34.5. The zero-order valence-electron chi connectivity index (χ0n) is 31.3. The summed E-state index contributed by atoms with van der Waals surface area (Å²) >= 11 is 6.80. The monoisotopic (exact) mass is 834 g/mol. The van der Waals surface area contributed by atoms with Gasteiger partial charge in [0.05, 0.1) is 0 Å². The smallest absolute Gasteiger partial charge is 0.303 e. The minimum absolute atomic E-state index is 0.253. The largest absolute Gasteiger partial charge is 0.481 e. The number of carbonyl (C=O) groups excluding carboxylic acids is 1. The number of aliphatic carboxylic acids is 1. The fourth-order valence-electron chi connectivity index (χ4n) is 6.45. The van der Waals surface area contributed by atoms with Gasteiger partial charge in [-0.15, -0.1) is 0 Å². The summed E-state index contributed by atoms with van der Waals surface area (Å²) in [5.41, 5.74) is 8.73. The van der Waals surface area contributed by atoms with Gasteiger partial charge in [0.15, 0.2) is 0 Å². The summed E-state index contributed by atoms with van der Waals surface area (Å²) in [7, 11) is 0. The van der Waals surface area contributed by atoms with Crippen LogP contribution in [0.1, 0.15) is 114 Å². The third kappa shape index (κ3) is 25.0. The standard InChI is InChI=1S/C21H33BrN2O.C13H20N2.C8H15BrO2/c22-15-8-3-1-2-7-11-21(25)23-20-13-17-24(18-14-20)16-12-19-9-5-4-6-10-19;14-13-7-10-15(11-8-13)9-6-12-4-2-1-3-5-12;9-7-5-3-1-2-4-6-8(10)11/h4-6,9-10,20H,1-3,7-8,11-18H2,(H,23,25);1-5,13H,6-11,14H2;1-7H2,(H,10,11). The lowest BCUT2D eigenvalue weighted by molar-refractivity contribution is -0.137. The molecule has 0 saturated carbocycles. The Bertz CT molecular complexity index is 1110. The number of unbranched alkanes of at least 4 members (excludes halogenated alkanes) is 8. The van der Waals surface area contributed by atoms with Crippen LogP contribution in [0.15, 0.2) is 60.7 Å². The Labute approximate surface area is 327 Å². The van der Waals surface area contributed by atoms with Gasteiger partial charge in [-0.1, -0.05) is 131 Å². The number of likely N-dealkylation sites (tertiary alicyclic amines) is 2. The second-order valence-electron chi connectivity index (χ2n) is 14.1. The topological polar surface area (TPSA) is 98.9 Å². The lowest BCUT2D eigenvalue weighted by Crippen LogP contribution is -2.45. The lowest BCUT2D eigenvalue weighted by atomic mass is 10.0. The second kappa shape index (κ2) is 30.7. The van der Waals surface area contributed by atoms with E-state index in [9.17, 15) is 9.59 Å². The summed E-state index contributed by atoms with van der Waals surface area (Å²) in [6.45, 7) is 6.85. The number of piperidine rings is 2. The van der Waals surface area contributed by atoms with Gasteiger partial charge in [0.25, 0.3) is 0 Å². The molecule has 2 aromatic rings. The number of nitrogens with two attached hydrogens (primary N) is 1. The maximum atomic E-state index is 12.1. The van der Waals surface area contributed by atoms with Gasteiger partial charge in [0.1, 0.15) is 0 Å². The van der Waals surface area contributed by atoms with Crippen molar-refractivity contribution < 1.29 is 14.7 Å². The number of amides is 1. The van der Waals surface area contributed by atoms with Crippen LogP contribution in [0, 0.1) is 0 Å². The highest BCUT2D eigenvalue weighted by atomic mass is 79.9. The average molecular weight is 837 g/mol. The molecule has 2 aliphatic heterocycles. The zero-order chi connectivity index (χ0) is 36.8. The molecule has 0 bridgehead atoms. The molecule has 288 valence electrons. The predicted molar refractivity (Wildman–Crippen MR) is 222 cm³/mol. The van der Waals surface area contributed by atoms with Gasteiger partial charge in [0.2, 0.25) is 5.91 Å². The van der Waals surface area contributed by atoms with Crippen LogP contribution in [0.25, 0.3) is 0 Å². The van der Waals surface area contributed by atoms with E-state index in [1.165, 1.54) is 75.7 Å². The van der Waals surface area contributed by atoms with Crippen LogP contribution in [0.3, 0.4) is 0 Å². The molecule has 7 nitrogen and oxygen atoms in total. The van der Waals surface area contributed by atoms with Gasteiger partial charge in [-0.2, -0.15) is 0 Å². The summed E-state index contributed by atoms with van der Waals surface area (Å²) in [5, 5.41) is 13.7. The Morgan fingerprint density at radius 1 is 0.627 bits per heavy atom. The highest BCUT2D eigenvalue weighted by Crippen LogP contribution is 2.13. The minimum Gasteiger partial charge on any atom is -0.481 e. The van der Waals surface area contributed by atoms with E-state index in [1.54, 1.807) is 0 Å². The van der Waals surface area contributed by atoms with Crippen LogP contribution >= 0.6 is 31.9 Å². The minimum atomic E-state index is -0.675. The van der Waals surface area contributed by atoms with Crippen molar-refractivity contribution in [1.29, 1.82) is 0 Å². The number of rotatable bonds is 21. The SMILES string of the molecule is NC1CCN(CCc2ccccc2)CC1.O=C(CCCCCCCBr)NC1CCN(CCc2ccccc2)CC1.O=C(O)CCCCCCCBr. The van der Waals surface area contributed by atoms with E-state index in [2.05, 4.69) is 108 Å². The van der Waals surface area contributed by atoms with Gasteiger partial charge >= 0.3 is 5.97 Å². The van der Waals surface area contributed by atoms with Crippen LogP contribution in [-0.2, 0) is 22.4 Å². The molecule has 0 unspecified atom stereocenters. The maximum Gasteiger partial charge on any atom is 0.303 e. The fourth-order valence-corrected chi connectivity index (χ4v) is 7.25. The molecule has 51 heavy (non-hydrogen) atoms. The molecule has 9 heteroatoms. The first-order chi connectivity index (χ1) is 24.9. The van der Waals surface area contributed by atoms with Crippen LogP contribution in [0.4, 0.5) is 0 Å². The van der Waals surface area contributed by atoms with Crippen molar-refractivity contribution in [2.75, 3.05) is 49.9 Å². The number of carboxylic acid groups (broad SMARTS) is 1. The van der Waals surface area contributed by atoms with Gasteiger partial charge in [-0.05, 0) is 88.4 Å². The number of carboxylic acids is 1. The van der Waals surface area contributed by atoms with E-state index >= 15 is 0 Å². The van der Waals surface area contributed by atoms with Crippen molar-refractivity contribution in [3.63, 3.8) is 0 Å². The summed E-state index contributed by atoms with van der Waals surface area (Å²) in [4.78, 5) is 27.2. The number of alkyl halides is 2. The maximum absolute atomic E-state index is 12.1. The van der Waals surface area contributed by atoms with E-state index in [1.807, 2.05) is 0 Å². The Morgan fingerprint density at radius 2 is 1.04 bits per heavy atom. The van der Waals surface area contributed by atoms with Crippen molar-refractivity contribution in [2.45, 2.75) is 128 Å². The number of hydrogen-bond donors (Lipinski definition) is 3. The number of hydrogen-bond acceptors (Lipinski definition) is 5. The third-order valence-electron chi connectivity index (χ3n) is 9.77. The first kappa shape index (κ1) is 45.4. The molecule has 0 spiro atoms. The van der Waals surface area contributed by atoms with Crippen LogP contribution < -0.4 is 11.1 Å². The van der Waals surface area contributed by atoms with Gasteiger partial charge in [-0.25, -0.2) is 0 Å². The van der Waals surface area contributed by atoms with Gasteiger partial charge in [-0.3, -0.25) is 9.59 Å². The number of nitrogens with one attached hydrogen (secondary N) is 1. The average Bonchev–Trinajstić information content (AvgIpc) is 3.15. The highest BCUT2D eigenvalue weighted by molar-refractivity contribution is 9.09. The number of benzene rings is 2. The molecule has 4 rings (SSSR count). The molecule has 4 N–H and O–H groups in total. The van der Waals surface area contributed by atoms with E-state index in [4.69, 9.17) is 10.8 Å². The molecule has 0 radical (unpaired) electrons. The van der Waals surface area contributed by atoms with E-state index in [0.29, 0.717) is 24.9 Å². The van der Waals surface area contributed by atoms with Crippen LogP contribution in [-0.4, -0.2) is 88.8 Å². The molecule has 0 aromatic heterocycles. The van der Waals surface area contributed by atoms with Crippen molar-refractivity contribution in [1.82, 2.24) is 15.1 Å². The van der Waals surface area contributed by atoms with E-state index in [0.717, 1.165) is 88.1 Å². The third-order valence-corrected chi connectivity index (χ3v) is 10.9. The molecule has 2 heterocycles. The Balaban J connectivity index is 0.000000294. The fraction of sp³-hybridized carbons (Fsp3) is 0.667. The Hall–Kier alpha value is -1.78. The normalized spacial score (nSPS) is 15.7. The summed E-state index contributed by atoms with van der Waals surface area (Å²) in [6, 6.07) is 22.2. The van der Waals surface area contributed by atoms with Crippen molar-refractivity contribution >= 4 is 43.7 Å². The van der Waals surface area contributed by atoms with Gasteiger partial charge < -0.3 is 26.0 Å². The molecule has 2 aliphatic rings. The summed E-state index contributed by atoms with van der Waals surface area (Å²) < 4.78 is 0. The molecule has 0 atom stereocenters. The molecule has 2 saturated heterocycles. The number of halogens is 2. The van der Waals surface area contributed by atoms with E-state index < -0.39 is 5.97 Å². The Morgan fingerprint density at radius 3 is 1.49 bits per heavy atom.